The number of aliphatic hydroxyl groups is 1. The smallest absolute Gasteiger partial charge is 0.312 e. The number of anilines is 1. The summed E-state index contributed by atoms with van der Waals surface area (Å²) in [4.78, 5) is 45.6. The number of halogens is 1. The van der Waals surface area contributed by atoms with Crippen molar-refractivity contribution in [1.29, 1.82) is 0 Å². The maximum atomic E-state index is 14.9. The fourth-order valence-corrected chi connectivity index (χ4v) is 8.27. The molecule has 3 aromatic carbocycles. The molecule has 3 fully saturated rings. The fraction of sp³-hybridized carbons (Fsp3) is 0.382. The zero-order chi connectivity index (χ0) is 30.3. The summed E-state index contributed by atoms with van der Waals surface area (Å²) in [6.45, 7) is 5.62. The minimum atomic E-state index is -1.27. The third kappa shape index (κ3) is 4.87. The normalized spacial score (nSPS) is 28.1. The quantitative estimate of drug-likeness (QED) is 0.201. The average molecular weight is 648 g/mol. The first-order valence-electron chi connectivity index (χ1n) is 14.7. The number of amides is 2. The van der Waals surface area contributed by atoms with Crippen LogP contribution in [0.3, 0.4) is 0 Å². The Morgan fingerprint density at radius 1 is 1.16 bits per heavy atom. The molecule has 7 atom stereocenters. The molecule has 1 spiro atoms. The van der Waals surface area contributed by atoms with E-state index in [1.807, 2.05) is 72.8 Å². The van der Waals surface area contributed by atoms with Gasteiger partial charge in [-0.25, -0.2) is 0 Å². The molecule has 8 nitrogen and oxygen atoms in total. The van der Waals surface area contributed by atoms with Gasteiger partial charge in [0, 0.05) is 17.1 Å². The van der Waals surface area contributed by atoms with Gasteiger partial charge >= 0.3 is 5.97 Å². The van der Waals surface area contributed by atoms with Crippen LogP contribution in [0.25, 0.3) is 10.8 Å². The lowest BCUT2D eigenvalue weighted by Crippen LogP contribution is -2.59. The highest BCUT2D eigenvalue weighted by Gasteiger charge is 2.77. The Hall–Kier alpha value is -3.53. The Labute approximate surface area is 259 Å². The van der Waals surface area contributed by atoms with Crippen LogP contribution >= 0.6 is 15.9 Å². The average Bonchev–Trinajstić information content (AvgIpc) is 3.62. The molecule has 3 aliphatic rings. The SMILES string of the molecule is C=CCN(C(=O)[C@@H]1N([C@@H](CO)Cc2ccccc2)C(=O)[C@H]2[C@H](C(=O)OCC)[C@H]3O[C@@]12CC3Br)c1ccc2ccccc2c1. The second kappa shape index (κ2) is 11.9. The van der Waals surface area contributed by atoms with E-state index in [0.29, 0.717) is 18.5 Å². The molecule has 0 aromatic heterocycles. The predicted molar refractivity (Wildman–Crippen MR) is 167 cm³/mol. The Bertz CT molecular complexity index is 1550. The van der Waals surface area contributed by atoms with Gasteiger partial charge in [-0.05, 0) is 48.2 Å². The van der Waals surface area contributed by atoms with Crippen LogP contribution in [0.5, 0.6) is 0 Å². The van der Waals surface area contributed by atoms with Crippen LogP contribution < -0.4 is 4.90 Å². The minimum Gasteiger partial charge on any atom is -0.466 e. The van der Waals surface area contributed by atoms with Crippen molar-refractivity contribution in [3.63, 3.8) is 0 Å². The maximum absolute atomic E-state index is 14.9. The second-order valence-electron chi connectivity index (χ2n) is 11.5. The van der Waals surface area contributed by atoms with Crippen LogP contribution in [-0.4, -0.2) is 76.2 Å². The van der Waals surface area contributed by atoms with Crippen LogP contribution in [0.15, 0.2) is 85.5 Å². The molecule has 2 bridgehead atoms. The minimum absolute atomic E-state index is 0.164. The van der Waals surface area contributed by atoms with Crippen LogP contribution in [0.4, 0.5) is 5.69 Å². The van der Waals surface area contributed by atoms with Gasteiger partial charge in [0.15, 0.2) is 0 Å². The van der Waals surface area contributed by atoms with Gasteiger partial charge in [-0.3, -0.25) is 14.4 Å². The van der Waals surface area contributed by atoms with E-state index in [4.69, 9.17) is 9.47 Å². The number of hydrogen-bond donors (Lipinski definition) is 1. The van der Waals surface area contributed by atoms with E-state index in [9.17, 15) is 19.5 Å². The number of rotatable bonds is 10. The van der Waals surface area contributed by atoms with Crippen molar-refractivity contribution >= 4 is 50.2 Å². The molecule has 3 aliphatic heterocycles. The molecular formula is C34H35BrN2O6. The number of carbonyl (C=O) groups excluding carboxylic acids is 3. The number of fused-ring (bicyclic) bond motifs is 2. The molecule has 1 N–H and O–H groups in total. The third-order valence-corrected chi connectivity index (χ3v) is 9.91. The van der Waals surface area contributed by atoms with Gasteiger partial charge in [0.25, 0.3) is 5.91 Å². The van der Waals surface area contributed by atoms with Crippen molar-refractivity contribution in [1.82, 2.24) is 4.90 Å². The summed E-state index contributed by atoms with van der Waals surface area (Å²) in [5.74, 6) is -3.00. The summed E-state index contributed by atoms with van der Waals surface area (Å²) in [6.07, 6.45) is 1.73. The van der Waals surface area contributed by atoms with Crippen molar-refractivity contribution in [2.45, 2.75) is 48.4 Å². The summed E-state index contributed by atoms with van der Waals surface area (Å²) in [6, 6.07) is 21.4. The first kappa shape index (κ1) is 29.5. The summed E-state index contributed by atoms with van der Waals surface area (Å²) in [5, 5.41) is 12.7. The van der Waals surface area contributed by atoms with Gasteiger partial charge < -0.3 is 24.4 Å². The summed E-state index contributed by atoms with van der Waals surface area (Å²) >= 11 is 3.70. The number of hydrogen-bond acceptors (Lipinski definition) is 6. The van der Waals surface area contributed by atoms with Gasteiger partial charge in [0.1, 0.15) is 11.6 Å². The van der Waals surface area contributed by atoms with Crippen LogP contribution in [-0.2, 0) is 30.3 Å². The Morgan fingerprint density at radius 2 is 1.88 bits per heavy atom. The molecule has 2 amide bonds. The molecule has 3 heterocycles. The Balaban J connectivity index is 1.47. The molecule has 6 rings (SSSR count). The van der Waals surface area contributed by atoms with E-state index >= 15 is 0 Å². The lowest BCUT2D eigenvalue weighted by atomic mass is 9.70. The molecule has 3 aromatic rings. The molecule has 0 aliphatic carbocycles. The number of nitrogens with zero attached hydrogens (tertiary/aromatic N) is 2. The largest absolute Gasteiger partial charge is 0.466 e. The molecule has 9 heteroatoms. The zero-order valence-electron chi connectivity index (χ0n) is 24.0. The number of esters is 1. The number of likely N-dealkylation sites (tertiary alicyclic amines) is 1. The molecule has 224 valence electrons. The Kier molecular flexibility index (Phi) is 8.15. The van der Waals surface area contributed by atoms with Gasteiger partial charge in [-0.15, -0.1) is 6.58 Å². The fourth-order valence-electron chi connectivity index (χ4n) is 7.33. The highest BCUT2D eigenvalue weighted by Crippen LogP contribution is 2.61. The van der Waals surface area contributed by atoms with E-state index in [-0.39, 0.29) is 36.4 Å². The summed E-state index contributed by atoms with van der Waals surface area (Å²) < 4.78 is 12.0. The van der Waals surface area contributed by atoms with E-state index in [1.165, 1.54) is 4.90 Å². The number of carbonyl (C=O) groups is 3. The first-order valence-corrected chi connectivity index (χ1v) is 15.6. The standard InChI is InChI=1S/C34H35BrN2O6/c1-3-16-36(24-15-14-22-12-8-9-13-23(22)18-24)32(40)30-34-19-26(35)29(43-34)27(33(41)42-4-2)28(34)31(39)37(30)25(20-38)17-21-10-6-5-7-11-21/h3,5-15,18,25-30,38H,1,4,16-17,19-20H2,2H3/t25-,26?,27+,28-,29+,30+,34-/m1/s1. The lowest BCUT2D eigenvalue weighted by molar-refractivity contribution is -0.155. The van der Waals surface area contributed by atoms with Crippen LogP contribution in [0.1, 0.15) is 18.9 Å². The molecular weight excluding hydrogens is 612 g/mol. The zero-order valence-corrected chi connectivity index (χ0v) is 25.6. The van der Waals surface area contributed by atoms with E-state index < -0.39 is 41.6 Å². The van der Waals surface area contributed by atoms with Crippen LogP contribution in [0, 0.1) is 11.8 Å². The first-order chi connectivity index (χ1) is 20.8. The van der Waals surface area contributed by atoms with E-state index in [0.717, 1.165) is 16.3 Å². The highest BCUT2D eigenvalue weighted by molar-refractivity contribution is 9.09. The summed E-state index contributed by atoms with van der Waals surface area (Å²) in [5.41, 5.74) is 0.299. The molecule has 1 unspecified atom stereocenters. The van der Waals surface area contributed by atoms with Crippen molar-refractivity contribution in [3.05, 3.63) is 91.0 Å². The predicted octanol–water partition coefficient (Wildman–Crippen LogP) is 4.27. The Morgan fingerprint density at radius 3 is 2.58 bits per heavy atom. The lowest BCUT2D eigenvalue weighted by Gasteiger charge is -2.39. The topological polar surface area (TPSA) is 96.4 Å². The number of aliphatic hydroxyl groups excluding tert-OH is 1. The second-order valence-corrected chi connectivity index (χ2v) is 12.6. The molecule has 0 saturated carbocycles. The van der Waals surface area contributed by atoms with Crippen molar-refractivity contribution < 1.29 is 29.0 Å². The van der Waals surface area contributed by atoms with Crippen molar-refractivity contribution in [2.24, 2.45) is 11.8 Å². The van der Waals surface area contributed by atoms with Gasteiger partial charge in [-0.2, -0.15) is 0 Å². The summed E-state index contributed by atoms with van der Waals surface area (Å²) in [7, 11) is 0. The molecule has 0 radical (unpaired) electrons. The highest BCUT2D eigenvalue weighted by atomic mass is 79.9. The third-order valence-electron chi connectivity index (χ3n) is 9.06. The van der Waals surface area contributed by atoms with Crippen molar-refractivity contribution in [3.8, 4) is 0 Å². The molecule has 3 saturated heterocycles. The van der Waals surface area contributed by atoms with Crippen LogP contribution in [0.2, 0.25) is 0 Å². The number of alkyl halides is 1. The van der Waals surface area contributed by atoms with E-state index in [2.05, 4.69) is 22.5 Å². The number of benzene rings is 3. The molecule has 43 heavy (non-hydrogen) atoms. The van der Waals surface area contributed by atoms with Gasteiger partial charge in [0.05, 0.1) is 37.2 Å². The van der Waals surface area contributed by atoms with Crippen molar-refractivity contribution in [2.75, 3.05) is 24.7 Å². The van der Waals surface area contributed by atoms with Gasteiger partial charge in [0.2, 0.25) is 5.91 Å². The monoisotopic (exact) mass is 646 g/mol. The van der Waals surface area contributed by atoms with Gasteiger partial charge in [-0.1, -0.05) is 82.7 Å². The number of ether oxygens (including phenoxy) is 2. The van der Waals surface area contributed by atoms with E-state index in [1.54, 1.807) is 17.9 Å². The maximum Gasteiger partial charge on any atom is 0.312 e.